The third-order valence-electron chi connectivity index (χ3n) is 1.71. The highest BCUT2D eigenvalue weighted by Crippen LogP contribution is 2.57. The van der Waals surface area contributed by atoms with E-state index in [2.05, 4.69) is 6.58 Å². The van der Waals surface area contributed by atoms with Gasteiger partial charge in [-0.15, -0.1) is 6.58 Å². The summed E-state index contributed by atoms with van der Waals surface area (Å²) in [4.78, 5) is 0. The second-order valence-corrected chi connectivity index (χ2v) is 2.92. The van der Waals surface area contributed by atoms with Crippen molar-refractivity contribution in [3.8, 4) is 0 Å². The highest BCUT2D eigenvalue weighted by atomic mass is 35.5. The Kier molecular flexibility index (Phi) is 1.51. The van der Waals surface area contributed by atoms with Crippen LogP contribution in [0.3, 0.4) is 0 Å². The summed E-state index contributed by atoms with van der Waals surface area (Å²) >= 11 is 4.87. The molecular formula is C6H6ClF3. The highest BCUT2D eigenvalue weighted by Gasteiger charge is 2.68. The van der Waals surface area contributed by atoms with Gasteiger partial charge in [0, 0.05) is 12.3 Å². The second-order valence-electron chi connectivity index (χ2n) is 2.37. The molecule has 0 nitrogen and oxygen atoms in total. The van der Waals surface area contributed by atoms with E-state index in [1.807, 2.05) is 0 Å². The van der Waals surface area contributed by atoms with Crippen LogP contribution in [0.25, 0.3) is 0 Å². The maximum atomic E-state index is 12.6. The van der Waals surface area contributed by atoms with E-state index in [0.29, 0.717) is 0 Å². The van der Waals surface area contributed by atoms with Crippen LogP contribution in [-0.4, -0.2) is 11.1 Å². The lowest BCUT2D eigenvalue weighted by molar-refractivity contribution is -0.193. The summed E-state index contributed by atoms with van der Waals surface area (Å²) < 4.78 is 37.0. The molecule has 0 aromatic carbocycles. The Balaban J connectivity index is 2.73. The molecular weight excluding hydrogens is 165 g/mol. The van der Waals surface area contributed by atoms with Crippen molar-refractivity contribution < 1.29 is 13.2 Å². The fraction of sp³-hybridized carbons (Fsp3) is 0.667. The van der Waals surface area contributed by atoms with Crippen LogP contribution in [0.4, 0.5) is 13.2 Å². The molecule has 0 spiro atoms. The van der Waals surface area contributed by atoms with Crippen LogP contribution in [-0.2, 0) is 0 Å². The summed E-state index contributed by atoms with van der Waals surface area (Å²) in [5.41, 5.74) is 0. The lowest BCUT2D eigenvalue weighted by Gasteiger charge is -2.43. The third-order valence-corrected chi connectivity index (χ3v) is 2.27. The molecule has 0 aromatic rings. The van der Waals surface area contributed by atoms with Gasteiger partial charge < -0.3 is 0 Å². The van der Waals surface area contributed by atoms with Crippen molar-refractivity contribution >= 4 is 11.6 Å². The van der Waals surface area contributed by atoms with Gasteiger partial charge in [-0.2, -0.15) is 0 Å². The van der Waals surface area contributed by atoms with Crippen LogP contribution in [0.5, 0.6) is 0 Å². The van der Waals surface area contributed by atoms with Gasteiger partial charge in [-0.25, -0.2) is 13.2 Å². The van der Waals surface area contributed by atoms with Gasteiger partial charge in [0.05, 0.1) is 0 Å². The molecule has 0 aliphatic heterocycles. The fourth-order valence-corrected chi connectivity index (χ4v) is 1.16. The Morgan fingerprint density at radius 1 is 1.50 bits per heavy atom. The largest absolute Gasteiger partial charge is 0.296 e. The molecule has 4 heteroatoms. The predicted octanol–water partition coefficient (Wildman–Crippen LogP) is 2.73. The Hall–Kier alpha value is -0.180. The standard InChI is InChI=1S/C6H6ClF3/c1-2-4-3-5(8,9)6(4,7)10/h2,4H,1,3H2. The Morgan fingerprint density at radius 2 is 2.00 bits per heavy atom. The molecule has 0 bridgehead atoms. The van der Waals surface area contributed by atoms with Gasteiger partial charge in [0.15, 0.2) is 0 Å². The molecule has 0 heterocycles. The van der Waals surface area contributed by atoms with E-state index in [1.54, 1.807) is 0 Å². The minimum Gasteiger partial charge on any atom is -0.219 e. The van der Waals surface area contributed by atoms with Crippen molar-refractivity contribution in [1.82, 2.24) is 0 Å². The number of rotatable bonds is 1. The van der Waals surface area contributed by atoms with E-state index in [4.69, 9.17) is 11.6 Å². The Morgan fingerprint density at radius 3 is 2.10 bits per heavy atom. The summed E-state index contributed by atoms with van der Waals surface area (Å²) in [6.45, 7) is 3.19. The van der Waals surface area contributed by atoms with Gasteiger partial charge >= 0.3 is 0 Å². The molecule has 0 N–H and O–H groups in total. The number of alkyl halides is 4. The first-order valence-electron chi connectivity index (χ1n) is 2.80. The van der Waals surface area contributed by atoms with E-state index >= 15 is 0 Å². The van der Waals surface area contributed by atoms with Crippen LogP contribution >= 0.6 is 11.6 Å². The monoisotopic (exact) mass is 170 g/mol. The van der Waals surface area contributed by atoms with E-state index in [9.17, 15) is 13.2 Å². The lowest BCUT2D eigenvalue weighted by Crippen LogP contribution is -2.56. The van der Waals surface area contributed by atoms with Gasteiger partial charge in [0.1, 0.15) is 0 Å². The summed E-state index contributed by atoms with van der Waals surface area (Å²) in [5, 5.41) is -2.89. The molecule has 58 valence electrons. The Labute approximate surface area is 61.7 Å². The maximum Gasteiger partial charge on any atom is 0.296 e. The smallest absolute Gasteiger partial charge is 0.219 e. The maximum absolute atomic E-state index is 12.6. The summed E-state index contributed by atoms with van der Waals surface area (Å²) in [5.74, 6) is -4.29. The zero-order chi connectivity index (χ0) is 7.99. The lowest BCUT2D eigenvalue weighted by atomic mass is 9.78. The zero-order valence-corrected chi connectivity index (χ0v) is 5.84. The topological polar surface area (TPSA) is 0 Å². The quantitative estimate of drug-likeness (QED) is 0.419. The molecule has 2 atom stereocenters. The van der Waals surface area contributed by atoms with Gasteiger partial charge in [0.2, 0.25) is 0 Å². The molecule has 1 aliphatic carbocycles. The molecule has 1 rings (SSSR count). The van der Waals surface area contributed by atoms with Crippen LogP contribution in [0.2, 0.25) is 0 Å². The van der Waals surface area contributed by atoms with Gasteiger partial charge in [-0.3, -0.25) is 0 Å². The van der Waals surface area contributed by atoms with Crippen molar-refractivity contribution in [3.05, 3.63) is 12.7 Å². The van der Waals surface area contributed by atoms with Crippen LogP contribution < -0.4 is 0 Å². The molecule has 1 saturated carbocycles. The molecule has 0 aromatic heterocycles. The van der Waals surface area contributed by atoms with Gasteiger partial charge in [-0.1, -0.05) is 17.7 Å². The SMILES string of the molecule is C=CC1CC(F)(F)C1(F)Cl. The zero-order valence-electron chi connectivity index (χ0n) is 5.08. The van der Waals surface area contributed by atoms with Crippen molar-refractivity contribution in [2.24, 2.45) is 5.92 Å². The average molecular weight is 171 g/mol. The number of allylic oxidation sites excluding steroid dienone is 1. The second kappa shape index (κ2) is 1.91. The van der Waals surface area contributed by atoms with E-state index < -0.39 is 23.4 Å². The van der Waals surface area contributed by atoms with Crippen LogP contribution in [0, 0.1) is 5.92 Å². The highest BCUT2D eigenvalue weighted by molar-refractivity contribution is 6.24. The van der Waals surface area contributed by atoms with Crippen molar-refractivity contribution in [1.29, 1.82) is 0 Å². The summed E-state index contributed by atoms with van der Waals surface area (Å²) in [7, 11) is 0. The average Bonchev–Trinajstić information content (AvgIpc) is 1.83. The first kappa shape index (κ1) is 7.92. The van der Waals surface area contributed by atoms with E-state index in [1.165, 1.54) is 0 Å². The number of hydrogen-bond donors (Lipinski definition) is 0. The first-order valence-corrected chi connectivity index (χ1v) is 3.18. The van der Waals surface area contributed by atoms with Crippen molar-refractivity contribution in [2.45, 2.75) is 17.5 Å². The summed E-state index contributed by atoms with van der Waals surface area (Å²) in [6, 6.07) is 0. The van der Waals surface area contributed by atoms with Gasteiger partial charge in [0.25, 0.3) is 11.1 Å². The minimum absolute atomic E-state index is 0.531. The van der Waals surface area contributed by atoms with E-state index in [0.717, 1.165) is 6.08 Å². The van der Waals surface area contributed by atoms with Crippen LogP contribution in [0.15, 0.2) is 12.7 Å². The third kappa shape index (κ3) is 0.764. The molecule has 10 heavy (non-hydrogen) atoms. The molecule has 1 aliphatic rings. The molecule has 0 saturated heterocycles. The normalized spacial score (nSPS) is 44.2. The first-order chi connectivity index (χ1) is 4.42. The van der Waals surface area contributed by atoms with Crippen molar-refractivity contribution in [2.75, 3.05) is 0 Å². The predicted molar refractivity (Wildman–Crippen MR) is 32.9 cm³/mol. The minimum atomic E-state index is -3.38. The summed E-state index contributed by atoms with van der Waals surface area (Å²) in [6.07, 6.45) is 0.584. The number of hydrogen-bond acceptors (Lipinski definition) is 0. The molecule has 1 fully saturated rings. The van der Waals surface area contributed by atoms with E-state index in [-0.39, 0.29) is 0 Å². The molecule has 0 radical (unpaired) electrons. The van der Waals surface area contributed by atoms with Crippen molar-refractivity contribution in [3.63, 3.8) is 0 Å². The number of halogens is 4. The van der Waals surface area contributed by atoms with Crippen LogP contribution in [0.1, 0.15) is 6.42 Å². The Bertz CT molecular complexity index is 164. The molecule has 2 unspecified atom stereocenters. The fourth-order valence-electron chi connectivity index (χ4n) is 0.912. The molecule has 0 amide bonds. The van der Waals surface area contributed by atoms with Gasteiger partial charge in [-0.05, 0) is 0 Å².